The summed E-state index contributed by atoms with van der Waals surface area (Å²) in [5, 5.41) is 0. The summed E-state index contributed by atoms with van der Waals surface area (Å²) in [7, 11) is 18.0. The van der Waals surface area contributed by atoms with E-state index in [1.807, 2.05) is 0 Å². The fraction of sp³-hybridized carbons (Fsp3) is 0.286. The van der Waals surface area contributed by atoms with E-state index in [1.54, 1.807) is 0 Å². The van der Waals surface area contributed by atoms with Gasteiger partial charge in [0.2, 0.25) is 0 Å². The molecule has 0 radical (unpaired) electrons. The molecule has 0 heterocycles. The third-order valence-electron chi connectivity index (χ3n) is 13.8. The number of allylic oxidation sites excluding steroid dienone is 2. The van der Waals surface area contributed by atoms with Gasteiger partial charge in [-0.2, -0.15) is 0 Å². The molecule has 6 aromatic carbocycles. The van der Waals surface area contributed by atoms with Gasteiger partial charge >= 0.3 is 373 Å². The first kappa shape index (κ1) is 43.1. The Bertz CT molecular complexity index is 2480. The topological polar surface area (TPSA) is 0 Å². The molecule has 2 aliphatic rings. The predicted octanol–water partition coefficient (Wildman–Crippen LogP) is 17.3. The van der Waals surface area contributed by atoms with Crippen molar-refractivity contribution < 1.29 is 15.6 Å². The summed E-state index contributed by atoms with van der Waals surface area (Å²) in [4.78, 5) is 0. The monoisotopic (exact) mass is 921 g/mol. The fourth-order valence-corrected chi connectivity index (χ4v) is 42.5. The fourth-order valence-electron chi connectivity index (χ4n) is 10.7. The molecule has 0 saturated heterocycles. The maximum atomic E-state index is 9.01. The van der Waals surface area contributed by atoms with Crippen LogP contribution in [0.3, 0.4) is 0 Å². The average Bonchev–Trinajstić information content (AvgIpc) is 3.83. The Morgan fingerprint density at radius 1 is 0.467 bits per heavy atom. The van der Waals surface area contributed by atoms with Crippen LogP contribution in [0.5, 0.6) is 0 Å². The first-order valence-corrected chi connectivity index (χ1v) is 38.4. The molecule has 0 nitrogen and oxygen atoms in total. The maximum absolute atomic E-state index is 9.01. The molecule has 8 rings (SSSR count). The molecule has 0 spiro atoms. The van der Waals surface area contributed by atoms with E-state index in [0.717, 1.165) is 12.8 Å². The van der Waals surface area contributed by atoms with Crippen LogP contribution in [0, 0.1) is 0 Å². The van der Waals surface area contributed by atoms with Crippen molar-refractivity contribution in [3.63, 3.8) is 0 Å². The van der Waals surface area contributed by atoms with Crippen molar-refractivity contribution in [3.8, 4) is 44.5 Å². The quantitative estimate of drug-likeness (QED) is 0.127. The number of fused-ring (bicyclic) bond motifs is 2. The molecule has 0 saturated carbocycles. The third-order valence-corrected chi connectivity index (χ3v) is 65.6. The van der Waals surface area contributed by atoms with E-state index in [9.17, 15) is 0 Å². The normalized spacial score (nSPS) is 17.2. The molecule has 0 N–H and O–H groups in total. The van der Waals surface area contributed by atoms with Crippen molar-refractivity contribution in [1.29, 1.82) is 0 Å². The Labute approximate surface area is 369 Å². The summed E-state index contributed by atoms with van der Waals surface area (Å²) in [5.74, 6) is -1.77. The van der Waals surface area contributed by atoms with Gasteiger partial charge in [0.1, 0.15) is 0 Å². The van der Waals surface area contributed by atoms with Gasteiger partial charge in [-0.15, -0.1) is 0 Å². The second-order valence-corrected chi connectivity index (χ2v) is 62.2. The van der Waals surface area contributed by atoms with Crippen LogP contribution in [0.25, 0.3) is 56.7 Å². The van der Waals surface area contributed by atoms with Crippen LogP contribution in [0.15, 0.2) is 145 Å². The van der Waals surface area contributed by atoms with E-state index in [1.165, 1.54) is 89.0 Å². The van der Waals surface area contributed by atoms with E-state index in [2.05, 4.69) is 214 Å². The molecular formula is C56H61Cl2SiZr. The minimum atomic E-state index is -5.08. The Morgan fingerprint density at radius 3 is 1.12 bits per heavy atom. The van der Waals surface area contributed by atoms with E-state index in [-0.39, 0.29) is 18.1 Å². The zero-order chi connectivity index (χ0) is 42.8. The second-order valence-electron chi connectivity index (χ2n) is 19.7. The molecule has 0 aromatic heterocycles. The number of hydrogen-bond donors (Lipinski definition) is 0. The molecule has 307 valence electrons. The molecule has 60 heavy (non-hydrogen) atoms. The van der Waals surface area contributed by atoms with E-state index in [0.29, 0.717) is 0 Å². The van der Waals surface area contributed by atoms with Crippen molar-refractivity contribution in [1.82, 2.24) is 0 Å². The zero-order valence-corrected chi connectivity index (χ0v) is 42.4. The number of benzene rings is 6. The Balaban J connectivity index is 1.40. The summed E-state index contributed by atoms with van der Waals surface area (Å²) >= 11 is -5.08. The summed E-state index contributed by atoms with van der Waals surface area (Å²) in [5.41, 5.74) is 20.9. The molecule has 6 aromatic rings. The van der Waals surface area contributed by atoms with Gasteiger partial charge in [-0.25, -0.2) is 0 Å². The van der Waals surface area contributed by atoms with Crippen LogP contribution >= 0.6 is 17.0 Å². The number of halogens is 2. The molecule has 2 aliphatic carbocycles. The minimum absolute atomic E-state index is 0.0198. The molecule has 0 bridgehead atoms. The zero-order valence-electron chi connectivity index (χ0n) is 37.3. The van der Waals surface area contributed by atoms with Crippen molar-refractivity contribution in [2.45, 2.75) is 99.4 Å². The molecule has 2 atom stereocenters. The predicted molar refractivity (Wildman–Crippen MR) is 265 cm³/mol. The Kier molecular flexibility index (Phi) is 11.5. The standard InChI is InChI=1S/2C27H27.C2H7Si.2ClH.Zr/c2*1-5-19-17-21-15-16-25(27(2,3)4)26(24(21)18-19)23-14-10-9-13-22(23)20-11-7-6-8-12-20;1-3-2;;;/h2*6-18H,5H2,1-4H3;3H,1-2H3;2*1H;/q;;;;;+2/p-2. The Hall–Kier alpha value is -3.52. The average molecular weight is 924 g/mol. The summed E-state index contributed by atoms with van der Waals surface area (Å²) in [6.07, 6.45) is 6.91. The van der Waals surface area contributed by atoms with Crippen molar-refractivity contribution in [2.24, 2.45) is 0 Å². The van der Waals surface area contributed by atoms with Gasteiger partial charge in [-0.1, -0.05) is 0 Å². The van der Waals surface area contributed by atoms with Gasteiger partial charge in [-0.05, 0) is 0 Å². The van der Waals surface area contributed by atoms with Crippen LogP contribution in [0.2, 0.25) is 13.1 Å². The summed E-state index contributed by atoms with van der Waals surface area (Å²) in [6, 6.07) is 49.5. The van der Waals surface area contributed by atoms with Crippen LogP contribution in [0.4, 0.5) is 0 Å². The second kappa shape index (κ2) is 16.0. The molecule has 0 aliphatic heterocycles. The van der Waals surface area contributed by atoms with Gasteiger partial charge < -0.3 is 0 Å². The van der Waals surface area contributed by atoms with E-state index < -0.39 is 21.5 Å². The van der Waals surface area contributed by atoms with Crippen LogP contribution in [-0.4, -0.2) is 5.92 Å². The van der Waals surface area contributed by atoms with Gasteiger partial charge in [-0.3, -0.25) is 0 Å². The number of rotatable bonds is 9. The first-order valence-electron chi connectivity index (χ1n) is 22.1. The Morgan fingerprint density at radius 2 is 0.800 bits per heavy atom. The third kappa shape index (κ3) is 7.07. The molecule has 2 unspecified atom stereocenters. The molecule has 0 fully saturated rings. The van der Waals surface area contributed by atoms with E-state index >= 15 is 0 Å². The van der Waals surface area contributed by atoms with Crippen molar-refractivity contribution in [2.75, 3.05) is 0 Å². The van der Waals surface area contributed by atoms with Gasteiger partial charge in [0.15, 0.2) is 0 Å². The van der Waals surface area contributed by atoms with Crippen LogP contribution < -0.4 is 0 Å². The molecule has 4 heteroatoms. The summed E-state index contributed by atoms with van der Waals surface area (Å²) < 4.78 is 0.0395. The summed E-state index contributed by atoms with van der Waals surface area (Å²) in [6.45, 7) is 23.7. The first-order chi connectivity index (χ1) is 28.5. The van der Waals surface area contributed by atoms with Crippen LogP contribution in [-0.2, 0) is 26.4 Å². The molecule has 0 amide bonds. The van der Waals surface area contributed by atoms with Crippen molar-refractivity contribution in [3.05, 3.63) is 178 Å². The van der Waals surface area contributed by atoms with Crippen molar-refractivity contribution >= 4 is 35.1 Å². The SMILES string of the molecule is CCC1=Cc2c(ccc(C(C)(C)C)c2-c2ccccc2-c2ccccc2)[CH]1[Zr]([Cl])([Cl])([CH]1C(CC)=Cc2c1ccc(C(C)(C)C)c2-c1ccccc1-c1ccccc1)[SiH](C)C. The number of hydrogen-bond acceptors (Lipinski definition) is 0. The van der Waals surface area contributed by atoms with E-state index in [4.69, 9.17) is 17.0 Å². The van der Waals surface area contributed by atoms with Gasteiger partial charge in [0, 0.05) is 0 Å². The van der Waals surface area contributed by atoms with Gasteiger partial charge in [0.25, 0.3) is 0 Å². The van der Waals surface area contributed by atoms with Crippen LogP contribution in [0.1, 0.15) is 109 Å². The molecular weight excluding hydrogens is 863 g/mol. The van der Waals surface area contributed by atoms with Gasteiger partial charge in [0.05, 0.1) is 0 Å².